The molecule has 2 rings (SSSR count). The van der Waals surface area contributed by atoms with Crippen molar-refractivity contribution >= 4 is 0 Å². The van der Waals surface area contributed by atoms with E-state index in [0.29, 0.717) is 18.7 Å². The molecule has 3 nitrogen and oxygen atoms in total. The third-order valence-corrected chi connectivity index (χ3v) is 3.44. The van der Waals surface area contributed by atoms with Crippen LogP contribution in [0.1, 0.15) is 24.8 Å². The van der Waals surface area contributed by atoms with Crippen molar-refractivity contribution in [3.63, 3.8) is 0 Å². The number of hydrogen-bond donors (Lipinski definition) is 1. The highest BCUT2D eigenvalue weighted by Crippen LogP contribution is 2.40. The molecule has 17 heavy (non-hydrogen) atoms. The molecule has 90 valence electrons. The second kappa shape index (κ2) is 4.72. The monoisotopic (exact) mass is 234 g/mol. The SMILES string of the molecule is N#Cc1ccc(OCC2(CN)CCC2)c(F)c1. The number of rotatable bonds is 4. The third-order valence-electron chi connectivity index (χ3n) is 3.44. The number of hydrogen-bond acceptors (Lipinski definition) is 3. The smallest absolute Gasteiger partial charge is 0.166 e. The second-order valence-corrected chi connectivity index (χ2v) is 4.60. The fourth-order valence-electron chi connectivity index (χ4n) is 2.00. The largest absolute Gasteiger partial charge is 0.490 e. The van der Waals surface area contributed by atoms with Gasteiger partial charge in [-0.15, -0.1) is 0 Å². The summed E-state index contributed by atoms with van der Waals surface area (Å²) < 4.78 is 19.0. The van der Waals surface area contributed by atoms with Crippen LogP contribution in [0.25, 0.3) is 0 Å². The zero-order chi connectivity index (χ0) is 12.3. The summed E-state index contributed by atoms with van der Waals surface area (Å²) in [5.41, 5.74) is 6.03. The standard InChI is InChI=1S/C13H15FN2O/c14-11-6-10(7-15)2-3-12(11)17-9-13(8-16)4-1-5-13/h2-3,6H,1,4-5,8-9,16H2. The van der Waals surface area contributed by atoms with E-state index in [1.807, 2.05) is 6.07 Å². The number of benzene rings is 1. The van der Waals surface area contributed by atoms with Crippen molar-refractivity contribution in [1.82, 2.24) is 0 Å². The topological polar surface area (TPSA) is 59.0 Å². The van der Waals surface area contributed by atoms with Crippen molar-refractivity contribution in [1.29, 1.82) is 5.26 Å². The molecule has 1 aliphatic rings. The van der Waals surface area contributed by atoms with Gasteiger partial charge in [0.1, 0.15) is 0 Å². The van der Waals surface area contributed by atoms with Gasteiger partial charge in [0.25, 0.3) is 0 Å². The molecule has 1 saturated carbocycles. The Hall–Kier alpha value is -1.60. The molecule has 1 aromatic carbocycles. The maximum absolute atomic E-state index is 13.5. The van der Waals surface area contributed by atoms with E-state index in [1.165, 1.54) is 12.1 Å². The van der Waals surface area contributed by atoms with E-state index in [-0.39, 0.29) is 11.2 Å². The van der Waals surface area contributed by atoms with Crippen LogP contribution in [0.3, 0.4) is 0 Å². The summed E-state index contributed by atoms with van der Waals surface area (Å²) in [5, 5.41) is 8.62. The van der Waals surface area contributed by atoms with Gasteiger partial charge in [-0.25, -0.2) is 4.39 Å². The molecule has 0 amide bonds. The Morgan fingerprint density at radius 1 is 1.47 bits per heavy atom. The van der Waals surface area contributed by atoms with Crippen LogP contribution >= 0.6 is 0 Å². The highest BCUT2D eigenvalue weighted by Gasteiger charge is 2.36. The van der Waals surface area contributed by atoms with Crippen LogP contribution in [0, 0.1) is 22.6 Å². The first-order chi connectivity index (χ1) is 8.19. The highest BCUT2D eigenvalue weighted by atomic mass is 19.1. The zero-order valence-corrected chi connectivity index (χ0v) is 9.58. The number of ether oxygens (including phenoxy) is 1. The summed E-state index contributed by atoms with van der Waals surface area (Å²) >= 11 is 0. The molecule has 0 saturated heterocycles. The molecule has 0 aliphatic heterocycles. The molecule has 1 fully saturated rings. The second-order valence-electron chi connectivity index (χ2n) is 4.60. The van der Waals surface area contributed by atoms with Gasteiger partial charge in [0.2, 0.25) is 0 Å². The van der Waals surface area contributed by atoms with Crippen LogP contribution < -0.4 is 10.5 Å². The van der Waals surface area contributed by atoms with Crippen LogP contribution in [0.15, 0.2) is 18.2 Å². The van der Waals surface area contributed by atoms with Crippen molar-refractivity contribution in [3.05, 3.63) is 29.6 Å². The average Bonchev–Trinajstić information content (AvgIpc) is 2.30. The van der Waals surface area contributed by atoms with Crippen molar-refractivity contribution in [2.75, 3.05) is 13.2 Å². The summed E-state index contributed by atoms with van der Waals surface area (Å²) in [6.07, 6.45) is 3.25. The summed E-state index contributed by atoms with van der Waals surface area (Å²) in [6.45, 7) is 1.03. The minimum Gasteiger partial charge on any atom is -0.490 e. The molecule has 2 N–H and O–H groups in total. The first kappa shape index (κ1) is 11.9. The van der Waals surface area contributed by atoms with E-state index in [4.69, 9.17) is 15.7 Å². The average molecular weight is 234 g/mol. The van der Waals surface area contributed by atoms with E-state index in [0.717, 1.165) is 19.3 Å². The van der Waals surface area contributed by atoms with E-state index >= 15 is 0 Å². The lowest BCUT2D eigenvalue weighted by Gasteiger charge is -2.40. The molecule has 0 unspecified atom stereocenters. The molecular formula is C13H15FN2O. The van der Waals surface area contributed by atoms with Crippen molar-refractivity contribution in [3.8, 4) is 11.8 Å². The zero-order valence-electron chi connectivity index (χ0n) is 9.58. The summed E-state index contributed by atoms with van der Waals surface area (Å²) in [4.78, 5) is 0. The molecule has 4 heteroatoms. The van der Waals surface area contributed by atoms with Crippen LogP contribution in [-0.4, -0.2) is 13.2 Å². The number of nitriles is 1. The quantitative estimate of drug-likeness (QED) is 0.868. The Balaban J connectivity index is 2.02. The number of halogens is 1. The van der Waals surface area contributed by atoms with Crippen LogP contribution in [0.4, 0.5) is 4.39 Å². The molecular weight excluding hydrogens is 219 g/mol. The number of nitrogens with zero attached hydrogens (tertiary/aromatic N) is 1. The molecule has 1 aromatic rings. The van der Waals surface area contributed by atoms with Crippen LogP contribution in [-0.2, 0) is 0 Å². The first-order valence-corrected chi connectivity index (χ1v) is 5.72. The minimum absolute atomic E-state index is 0.0281. The summed E-state index contributed by atoms with van der Waals surface area (Å²) in [5.74, 6) is -0.292. The minimum atomic E-state index is -0.490. The summed E-state index contributed by atoms with van der Waals surface area (Å²) in [6, 6.07) is 6.12. The normalized spacial score (nSPS) is 17.0. The van der Waals surface area contributed by atoms with E-state index < -0.39 is 5.82 Å². The lowest BCUT2D eigenvalue weighted by Crippen LogP contribution is -2.42. The van der Waals surface area contributed by atoms with Gasteiger partial charge >= 0.3 is 0 Å². The van der Waals surface area contributed by atoms with Crippen molar-refractivity contribution in [2.24, 2.45) is 11.1 Å². The highest BCUT2D eigenvalue weighted by molar-refractivity contribution is 5.36. The lowest BCUT2D eigenvalue weighted by molar-refractivity contribution is 0.0646. The summed E-state index contributed by atoms with van der Waals surface area (Å²) in [7, 11) is 0. The van der Waals surface area contributed by atoms with Gasteiger partial charge in [0.05, 0.1) is 18.2 Å². The maximum atomic E-state index is 13.5. The van der Waals surface area contributed by atoms with Gasteiger partial charge in [-0.05, 0) is 31.0 Å². The van der Waals surface area contributed by atoms with Gasteiger partial charge in [-0.3, -0.25) is 0 Å². The molecule has 0 heterocycles. The van der Waals surface area contributed by atoms with Gasteiger partial charge in [-0.2, -0.15) is 5.26 Å². The predicted octanol–water partition coefficient (Wildman–Crippen LogP) is 2.21. The molecule has 0 aromatic heterocycles. The van der Waals surface area contributed by atoms with E-state index in [2.05, 4.69) is 0 Å². The fraction of sp³-hybridized carbons (Fsp3) is 0.462. The third kappa shape index (κ3) is 2.40. The van der Waals surface area contributed by atoms with E-state index in [9.17, 15) is 4.39 Å². The van der Waals surface area contributed by atoms with Gasteiger partial charge < -0.3 is 10.5 Å². The molecule has 0 atom stereocenters. The Bertz CT molecular complexity index is 444. The maximum Gasteiger partial charge on any atom is 0.166 e. The van der Waals surface area contributed by atoms with Gasteiger partial charge in [0, 0.05) is 12.0 Å². The molecule has 0 bridgehead atoms. The van der Waals surface area contributed by atoms with Gasteiger partial charge in [0.15, 0.2) is 11.6 Å². The molecule has 0 spiro atoms. The van der Waals surface area contributed by atoms with Crippen molar-refractivity contribution < 1.29 is 9.13 Å². The molecule has 0 radical (unpaired) electrons. The van der Waals surface area contributed by atoms with Crippen molar-refractivity contribution in [2.45, 2.75) is 19.3 Å². The Kier molecular flexibility index (Phi) is 3.30. The van der Waals surface area contributed by atoms with Crippen LogP contribution in [0.2, 0.25) is 0 Å². The Morgan fingerprint density at radius 3 is 2.71 bits per heavy atom. The predicted molar refractivity (Wildman–Crippen MR) is 61.9 cm³/mol. The fourth-order valence-corrected chi connectivity index (χ4v) is 2.00. The lowest BCUT2D eigenvalue weighted by atomic mass is 9.69. The van der Waals surface area contributed by atoms with Gasteiger partial charge in [-0.1, -0.05) is 6.42 Å². The molecule has 1 aliphatic carbocycles. The van der Waals surface area contributed by atoms with Crippen LogP contribution in [0.5, 0.6) is 5.75 Å². The first-order valence-electron chi connectivity index (χ1n) is 5.72. The Labute approximate surface area is 100.0 Å². The number of nitrogens with two attached hydrogens (primary N) is 1. The Morgan fingerprint density at radius 2 is 2.24 bits per heavy atom. The van der Waals surface area contributed by atoms with E-state index in [1.54, 1.807) is 6.07 Å².